The average Bonchev–Trinajstić information content (AvgIpc) is 2.63. The zero-order valence-electron chi connectivity index (χ0n) is 8.16. The highest BCUT2D eigenvalue weighted by Crippen LogP contribution is 2.37. The van der Waals surface area contributed by atoms with Crippen molar-refractivity contribution in [2.24, 2.45) is 0 Å². The van der Waals surface area contributed by atoms with Crippen LogP contribution < -0.4 is 10.2 Å². The summed E-state index contributed by atoms with van der Waals surface area (Å²) < 4.78 is 13.1. The Morgan fingerprint density at radius 1 is 1.31 bits per heavy atom. The molecule has 0 saturated carbocycles. The van der Waals surface area contributed by atoms with E-state index in [4.69, 9.17) is 0 Å². The number of amides is 2. The lowest BCUT2D eigenvalue weighted by Crippen LogP contribution is -2.36. The van der Waals surface area contributed by atoms with E-state index in [2.05, 4.69) is 5.32 Å². The van der Waals surface area contributed by atoms with E-state index in [0.717, 1.165) is 0 Å². The fraction of sp³-hybridized carbons (Fsp3) is 0.0909. The minimum atomic E-state index is -0.436. The number of carbonyl (C=O) groups is 2. The van der Waals surface area contributed by atoms with Crippen LogP contribution in [0, 0.1) is 5.82 Å². The Balaban J connectivity index is 2.23. The summed E-state index contributed by atoms with van der Waals surface area (Å²) in [5.74, 6) is -0.976. The molecule has 3 rings (SSSR count). The number of benzene rings is 1. The fourth-order valence-electron chi connectivity index (χ4n) is 1.94. The van der Waals surface area contributed by atoms with Crippen LogP contribution in [0.1, 0.15) is 6.42 Å². The molecule has 2 amide bonds. The number of carbonyl (C=O) groups excluding carboxylic acids is 2. The maximum atomic E-state index is 13.1. The Hall–Kier alpha value is -2.17. The molecule has 0 aliphatic carbocycles. The van der Waals surface area contributed by atoms with Crippen molar-refractivity contribution in [3.63, 3.8) is 0 Å². The summed E-state index contributed by atoms with van der Waals surface area (Å²) in [5, 5.41) is 2.61. The zero-order valence-corrected chi connectivity index (χ0v) is 8.16. The van der Waals surface area contributed by atoms with Crippen molar-refractivity contribution in [2.75, 3.05) is 10.2 Å². The molecule has 0 saturated heterocycles. The number of nitrogens with zero attached hydrogens (tertiary/aromatic N) is 1. The molecule has 0 atom stereocenters. The minimum Gasteiger partial charge on any atom is -0.319 e. The van der Waals surface area contributed by atoms with E-state index in [1.165, 1.54) is 23.1 Å². The highest BCUT2D eigenvalue weighted by Gasteiger charge is 2.35. The predicted molar refractivity (Wildman–Crippen MR) is 55.2 cm³/mol. The molecule has 2 aliphatic heterocycles. The van der Waals surface area contributed by atoms with Gasteiger partial charge in [-0.25, -0.2) is 4.39 Å². The van der Waals surface area contributed by atoms with Gasteiger partial charge in [-0.2, -0.15) is 0 Å². The number of anilines is 2. The average molecular weight is 218 g/mol. The van der Waals surface area contributed by atoms with Crippen LogP contribution in [0.4, 0.5) is 15.8 Å². The van der Waals surface area contributed by atoms with Gasteiger partial charge in [0.1, 0.15) is 11.5 Å². The van der Waals surface area contributed by atoms with Crippen LogP contribution in [0.15, 0.2) is 30.0 Å². The van der Waals surface area contributed by atoms with Crippen molar-refractivity contribution >= 4 is 23.2 Å². The lowest BCUT2D eigenvalue weighted by Gasteiger charge is -2.27. The second-order valence-electron chi connectivity index (χ2n) is 3.64. The summed E-state index contributed by atoms with van der Waals surface area (Å²) in [5.41, 5.74) is 1.13. The van der Waals surface area contributed by atoms with Gasteiger partial charge in [0.05, 0.1) is 11.4 Å². The molecule has 5 heteroatoms. The Kier molecular flexibility index (Phi) is 1.65. The van der Waals surface area contributed by atoms with Gasteiger partial charge in [0.2, 0.25) is 5.91 Å². The van der Waals surface area contributed by atoms with E-state index in [1.54, 1.807) is 6.08 Å². The van der Waals surface area contributed by atoms with Gasteiger partial charge in [-0.3, -0.25) is 14.5 Å². The molecule has 0 bridgehead atoms. The van der Waals surface area contributed by atoms with Gasteiger partial charge in [0.15, 0.2) is 0 Å². The Labute approximate surface area is 90.4 Å². The summed E-state index contributed by atoms with van der Waals surface area (Å²) in [4.78, 5) is 24.5. The maximum Gasteiger partial charge on any atom is 0.272 e. The molecule has 0 unspecified atom stereocenters. The van der Waals surface area contributed by atoms with Crippen LogP contribution in [0.2, 0.25) is 0 Å². The number of fused-ring (bicyclic) bond motifs is 3. The smallest absolute Gasteiger partial charge is 0.272 e. The van der Waals surface area contributed by atoms with Gasteiger partial charge in [-0.1, -0.05) is 0 Å². The maximum absolute atomic E-state index is 13.1. The first kappa shape index (κ1) is 9.08. The molecule has 0 fully saturated rings. The van der Waals surface area contributed by atoms with E-state index in [0.29, 0.717) is 11.4 Å². The first-order valence-corrected chi connectivity index (χ1v) is 4.81. The summed E-state index contributed by atoms with van der Waals surface area (Å²) in [6.07, 6.45) is 1.73. The largest absolute Gasteiger partial charge is 0.319 e. The molecule has 1 aromatic carbocycles. The molecule has 0 radical (unpaired) electrons. The summed E-state index contributed by atoms with van der Waals surface area (Å²) in [6, 6.07) is 3.94. The van der Waals surface area contributed by atoms with Gasteiger partial charge in [0.25, 0.3) is 5.91 Å². The van der Waals surface area contributed by atoms with Crippen molar-refractivity contribution in [3.8, 4) is 0 Å². The van der Waals surface area contributed by atoms with Crippen LogP contribution in [-0.2, 0) is 9.59 Å². The topological polar surface area (TPSA) is 49.4 Å². The van der Waals surface area contributed by atoms with Crippen molar-refractivity contribution in [2.45, 2.75) is 6.42 Å². The third-order valence-electron chi connectivity index (χ3n) is 2.64. The van der Waals surface area contributed by atoms with Crippen LogP contribution in [0.25, 0.3) is 0 Å². The molecule has 1 aromatic rings. The highest BCUT2D eigenvalue weighted by atomic mass is 19.1. The van der Waals surface area contributed by atoms with Crippen LogP contribution >= 0.6 is 0 Å². The number of hydrogen-bond acceptors (Lipinski definition) is 2. The zero-order chi connectivity index (χ0) is 11.3. The molecule has 4 nitrogen and oxygen atoms in total. The minimum absolute atomic E-state index is 0.179. The second-order valence-corrected chi connectivity index (χ2v) is 3.64. The molecule has 16 heavy (non-hydrogen) atoms. The molecule has 1 N–H and O–H groups in total. The first-order valence-electron chi connectivity index (χ1n) is 4.81. The van der Waals surface area contributed by atoms with Crippen LogP contribution in [0.5, 0.6) is 0 Å². The van der Waals surface area contributed by atoms with Gasteiger partial charge in [-0.15, -0.1) is 0 Å². The molecule has 0 aromatic heterocycles. The van der Waals surface area contributed by atoms with Gasteiger partial charge in [-0.05, 0) is 18.2 Å². The van der Waals surface area contributed by atoms with Gasteiger partial charge < -0.3 is 5.32 Å². The van der Waals surface area contributed by atoms with Crippen LogP contribution in [-0.4, -0.2) is 11.8 Å². The number of nitrogens with one attached hydrogen (secondary N) is 1. The molecule has 2 heterocycles. The second kappa shape index (κ2) is 2.91. The van der Waals surface area contributed by atoms with Crippen molar-refractivity contribution in [1.82, 2.24) is 0 Å². The lowest BCUT2D eigenvalue weighted by atomic mass is 10.2. The van der Waals surface area contributed by atoms with E-state index in [-0.39, 0.29) is 23.9 Å². The molecule has 2 aliphatic rings. The van der Waals surface area contributed by atoms with Gasteiger partial charge >= 0.3 is 0 Å². The number of rotatable bonds is 0. The van der Waals surface area contributed by atoms with E-state index in [1.807, 2.05) is 0 Å². The molecule has 0 spiro atoms. The normalized spacial score (nSPS) is 17.8. The van der Waals surface area contributed by atoms with E-state index >= 15 is 0 Å². The monoisotopic (exact) mass is 218 g/mol. The Bertz CT molecular complexity index is 551. The molecular formula is C11H7FN2O2. The number of halogens is 1. The van der Waals surface area contributed by atoms with Crippen molar-refractivity contribution in [1.29, 1.82) is 0 Å². The molecular weight excluding hydrogens is 211 g/mol. The van der Waals surface area contributed by atoms with E-state index < -0.39 is 5.82 Å². The quantitative estimate of drug-likeness (QED) is 0.715. The summed E-state index contributed by atoms with van der Waals surface area (Å²) in [7, 11) is 0. The SMILES string of the molecule is O=C1Nc2ccc(F)cc2N2C(=O)CC=C12. The van der Waals surface area contributed by atoms with Crippen molar-refractivity contribution in [3.05, 3.63) is 35.8 Å². The first-order chi connectivity index (χ1) is 7.66. The Morgan fingerprint density at radius 3 is 2.94 bits per heavy atom. The lowest BCUT2D eigenvalue weighted by molar-refractivity contribution is -0.118. The Morgan fingerprint density at radius 2 is 2.12 bits per heavy atom. The highest BCUT2D eigenvalue weighted by molar-refractivity contribution is 6.21. The fourth-order valence-corrected chi connectivity index (χ4v) is 1.94. The summed E-state index contributed by atoms with van der Waals surface area (Å²) in [6.45, 7) is 0. The van der Waals surface area contributed by atoms with E-state index in [9.17, 15) is 14.0 Å². The molecule has 80 valence electrons. The van der Waals surface area contributed by atoms with Crippen LogP contribution in [0.3, 0.4) is 0 Å². The van der Waals surface area contributed by atoms with Crippen molar-refractivity contribution < 1.29 is 14.0 Å². The third-order valence-corrected chi connectivity index (χ3v) is 2.64. The predicted octanol–water partition coefficient (Wildman–Crippen LogP) is 1.40. The number of hydrogen-bond donors (Lipinski definition) is 1. The van der Waals surface area contributed by atoms with Gasteiger partial charge in [0, 0.05) is 12.5 Å². The standard InChI is InChI=1S/C11H7FN2O2/c12-6-1-2-7-9(5-6)14-8(11(16)13-7)3-4-10(14)15/h1-3,5H,4H2,(H,13,16). The summed E-state index contributed by atoms with van der Waals surface area (Å²) >= 11 is 0. The third kappa shape index (κ3) is 1.08.